The van der Waals surface area contributed by atoms with E-state index in [1.165, 1.54) is 0 Å². The summed E-state index contributed by atoms with van der Waals surface area (Å²) in [5, 5.41) is 6.47. The van der Waals surface area contributed by atoms with Gasteiger partial charge in [-0.2, -0.15) is 4.98 Å². The first kappa shape index (κ1) is 23.4. The summed E-state index contributed by atoms with van der Waals surface area (Å²) < 4.78 is 6.29. The van der Waals surface area contributed by atoms with Crippen molar-refractivity contribution in [2.45, 2.75) is 57.2 Å². The van der Waals surface area contributed by atoms with Gasteiger partial charge in [-0.25, -0.2) is 9.97 Å². The van der Waals surface area contributed by atoms with Crippen LogP contribution in [-0.2, 0) is 21.5 Å². The van der Waals surface area contributed by atoms with E-state index < -0.39 is 0 Å². The molecule has 0 bridgehead atoms. The van der Waals surface area contributed by atoms with Crippen molar-refractivity contribution in [1.29, 1.82) is 0 Å². The molecule has 184 valence electrons. The van der Waals surface area contributed by atoms with E-state index in [1.807, 2.05) is 43.6 Å². The van der Waals surface area contributed by atoms with Crippen molar-refractivity contribution in [2.24, 2.45) is 0 Å². The molecule has 5 heterocycles. The molecule has 2 aromatic rings. The number of carbonyl (C=O) groups excluding carboxylic acids is 1. The predicted molar refractivity (Wildman–Crippen MR) is 135 cm³/mol. The Labute approximate surface area is 206 Å². The molecule has 0 spiro atoms. The number of fused-ring (bicyclic) bond motifs is 3. The molecule has 1 amide bonds. The summed E-state index contributed by atoms with van der Waals surface area (Å²) in [6, 6.07) is 6.25. The van der Waals surface area contributed by atoms with Gasteiger partial charge in [0.15, 0.2) is 0 Å². The van der Waals surface area contributed by atoms with E-state index in [9.17, 15) is 4.79 Å². The van der Waals surface area contributed by atoms with Crippen molar-refractivity contribution < 1.29 is 9.53 Å². The molecule has 5 rings (SSSR count). The van der Waals surface area contributed by atoms with E-state index >= 15 is 0 Å². The fourth-order valence-electron chi connectivity index (χ4n) is 5.10. The fourth-order valence-corrected chi connectivity index (χ4v) is 5.10. The molecule has 0 aliphatic carbocycles. The summed E-state index contributed by atoms with van der Waals surface area (Å²) >= 11 is 0. The van der Waals surface area contributed by atoms with E-state index in [4.69, 9.17) is 14.7 Å². The summed E-state index contributed by atoms with van der Waals surface area (Å²) in [5.41, 5.74) is 2.26. The largest absolute Gasteiger partial charge is 0.374 e. The molecule has 2 aromatic heterocycles. The third kappa shape index (κ3) is 4.30. The number of anilines is 3. The van der Waals surface area contributed by atoms with Crippen LogP contribution in [0.1, 0.15) is 44.9 Å². The van der Waals surface area contributed by atoms with Gasteiger partial charge in [0.2, 0.25) is 11.9 Å². The molecule has 3 aliphatic heterocycles. The zero-order valence-electron chi connectivity index (χ0n) is 21.0. The van der Waals surface area contributed by atoms with Crippen molar-refractivity contribution in [2.75, 3.05) is 30.9 Å². The van der Waals surface area contributed by atoms with Gasteiger partial charge in [-0.05, 0) is 45.5 Å². The van der Waals surface area contributed by atoms with Gasteiger partial charge in [-0.1, -0.05) is 19.1 Å². The van der Waals surface area contributed by atoms with Crippen LogP contribution < -0.4 is 15.5 Å². The van der Waals surface area contributed by atoms with E-state index in [2.05, 4.69) is 41.3 Å². The molecule has 0 aromatic carbocycles. The Morgan fingerprint density at radius 2 is 2.06 bits per heavy atom. The minimum absolute atomic E-state index is 0.0336. The van der Waals surface area contributed by atoms with Crippen LogP contribution in [0.15, 0.2) is 48.4 Å². The molecule has 1 saturated heterocycles. The molecule has 2 N–H and O–H groups in total. The van der Waals surface area contributed by atoms with Gasteiger partial charge in [0.1, 0.15) is 11.6 Å². The molecule has 2 atom stereocenters. The average Bonchev–Trinajstić information content (AvgIpc) is 2.94. The first-order chi connectivity index (χ1) is 16.7. The Morgan fingerprint density at radius 3 is 2.86 bits per heavy atom. The maximum atomic E-state index is 12.0. The van der Waals surface area contributed by atoms with Gasteiger partial charge in [0.05, 0.1) is 29.6 Å². The highest BCUT2D eigenvalue weighted by atomic mass is 16.5. The summed E-state index contributed by atoms with van der Waals surface area (Å²) in [4.78, 5) is 30.5. The number of pyridine rings is 1. The molecule has 9 nitrogen and oxygen atoms in total. The van der Waals surface area contributed by atoms with Crippen LogP contribution in [-0.4, -0.2) is 58.1 Å². The first-order valence-electron chi connectivity index (χ1n) is 12.0. The number of carbonyl (C=O) groups is 1. The molecule has 0 unspecified atom stereocenters. The number of nitrogens with zero attached hydrogens (tertiary/aromatic N) is 5. The van der Waals surface area contributed by atoms with Gasteiger partial charge in [-0.3, -0.25) is 4.79 Å². The number of rotatable bonds is 5. The monoisotopic (exact) mass is 475 g/mol. The first-order valence-corrected chi connectivity index (χ1v) is 12.0. The minimum atomic E-state index is -0.266. The average molecular weight is 476 g/mol. The second-order valence-electron chi connectivity index (χ2n) is 10.3. The summed E-state index contributed by atoms with van der Waals surface area (Å²) in [7, 11) is 3.67. The molecular formula is C26H33N7O2. The van der Waals surface area contributed by atoms with Crippen molar-refractivity contribution in [1.82, 2.24) is 25.2 Å². The summed E-state index contributed by atoms with van der Waals surface area (Å²) in [6.07, 6.45) is 8.60. The summed E-state index contributed by atoms with van der Waals surface area (Å²) in [5.74, 6) is 2.22. The molecule has 0 saturated carbocycles. The Bertz CT molecular complexity index is 1210. The van der Waals surface area contributed by atoms with E-state index in [-0.39, 0.29) is 23.0 Å². The lowest BCUT2D eigenvalue weighted by Gasteiger charge is -2.46. The lowest BCUT2D eigenvalue weighted by molar-refractivity contribution is -0.126. The van der Waals surface area contributed by atoms with E-state index in [0.717, 1.165) is 35.0 Å². The van der Waals surface area contributed by atoms with Crippen LogP contribution in [0.4, 0.5) is 17.6 Å². The Morgan fingerprint density at radius 1 is 1.23 bits per heavy atom. The molecule has 9 heteroatoms. The number of hydrogen-bond acceptors (Lipinski definition) is 8. The lowest BCUT2D eigenvalue weighted by Crippen LogP contribution is -2.54. The van der Waals surface area contributed by atoms with Crippen LogP contribution in [0.5, 0.6) is 0 Å². The standard InChI is InChI=1S/C26H33N7O2/c1-25(2)12-20-26(3,16-35-25)19-14-28-24(30-18-9-7-11-22(34)32(5)15-18)31-23(19)33(20)21-10-6-8-17(29-21)13-27-4/h6-10,14-15,20,27H,11-13,16H2,1-5H3,(H,28,30,31)/t20-,26-/m1/s1. The third-order valence-electron chi connectivity index (χ3n) is 7.08. The summed E-state index contributed by atoms with van der Waals surface area (Å²) in [6.45, 7) is 7.78. The van der Waals surface area contributed by atoms with Crippen LogP contribution in [0.3, 0.4) is 0 Å². The number of hydrogen-bond donors (Lipinski definition) is 2. The smallest absolute Gasteiger partial charge is 0.230 e. The number of allylic oxidation sites excluding steroid dienone is 1. The van der Waals surface area contributed by atoms with Crippen LogP contribution in [0, 0.1) is 0 Å². The third-order valence-corrected chi connectivity index (χ3v) is 7.08. The zero-order valence-corrected chi connectivity index (χ0v) is 21.0. The van der Waals surface area contributed by atoms with Gasteiger partial charge in [0, 0.05) is 43.4 Å². The zero-order chi connectivity index (χ0) is 24.8. The van der Waals surface area contributed by atoms with Crippen LogP contribution in [0.2, 0.25) is 0 Å². The Balaban J connectivity index is 1.57. The van der Waals surface area contributed by atoms with Crippen LogP contribution in [0.25, 0.3) is 0 Å². The molecule has 0 radical (unpaired) electrons. The highest BCUT2D eigenvalue weighted by molar-refractivity contribution is 5.79. The van der Waals surface area contributed by atoms with E-state index in [1.54, 1.807) is 18.1 Å². The number of ether oxygens (including phenoxy) is 1. The van der Waals surface area contributed by atoms with Crippen molar-refractivity contribution in [3.8, 4) is 0 Å². The van der Waals surface area contributed by atoms with Gasteiger partial charge in [-0.15, -0.1) is 0 Å². The molecule has 1 fully saturated rings. The Hall–Kier alpha value is -3.30. The topological polar surface area (TPSA) is 95.5 Å². The number of amides is 1. The molecule has 3 aliphatic rings. The van der Waals surface area contributed by atoms with Crippen LogP contribution >= 0.6 is 0 Å². The maximum Gasteiger partial charge on any atom is 0.230 e. The number of nitrogens with one attached hydrogen (secondary N) is 2. The maximum absolute atomic E-state index is 12.0. The highest BCUT2D eigenvalue weighted by Crippen LogP contribution is 2.52. The minimum Gasteiger partial charge on any atom is -0.374 e. The van der Waals surface area contributed by atoms with Gasteiger partial charge < -0.3 is 25.2 Å². The van der Waals surface area contributed by atoms with Gasteiger partial charge in [0.25, 0.3) is 0 Å². The SMILES string of the molecule is CNCc1cccc(N2c3nc(NC4=CN(C)C(=O)CC=C4)ncc3[C@@]3(C)COC(C)(C)C[C@@H]23)n1. The predicted octanol–water partition coefficient (Wildman–Crippen LogP) is 3.24. The fraction of sp³-hybridized carbons (Fsp3) is 0.462. The molecule has 35 heavy (non-hydrogen) atoms. The second-order valence-corrected chi connectivity index (χ2v) is 10.3. The molecular weight excluding hydrogens is 442 g/mol. The lowest BCUT2D eigenvalue weighted by atomic mass is 9.73. The highest BCUT2D eigenvalue weighted by Gasteiger charge is 2.55. The van der Waals surface area contributed by atoms with Crippen molar-refractivity contribution in [3.05, 3.63) is 59.7 Å². The quantitative estimate of drug-likeness (QED) is 0.681. The Kier molecular flexibility index (Phi) is 5.85. The normalized spacial score (nSPS) is 25.1. The van der Waals surface area contributed by atoms with Crippen molar-refractivity contribution in [3.63, 3.8) is 0 Å². The number of aromatic nitrogens is 3. The van der Waals surface area contributed by atoms with E-state index in [0.29, 0.717) is 25.5 Å². The second kappa shape index (κ2) is 8.73. The van der Waals surface area contributed by atoms with Gasteiger partial charge >= 0.3 is 0 Å². The van der Waals surface area contributed by atoms with Crippen molar-refractivity contribution >= 4 is 23.5 Å².